The van der Waals surface area contributed by atoms with E-state index in [0.29, 0.717) is 22.9 Å². The van der Waals surface area contributed by atoms with Gasteiger partial charge in [-0.05, 0) is 37.1 Å². The number of rotatable bonds is 4. The molecule has 2 saturated heterocycles. The predicted molar refractivity (Wildman–Crippen MR) is 120 cm³/mol. The van der Waals surface area contributed by atoms with Crippen molar-refractivity contribution in [2.45, 2.75) is 37.5 Å². The van der Waals surface area contributed by atoms with Crippen LogP contribution in [0.25, 0.3) is 22.2 Å². The summed E-state index contributed by atoms with van der Waals surface area (Å²) in [5.74, 6) is -0.657. The smallest absolute Gasteiger partial charge is 0.160 e. The summed E-state index contributed by atoms with van der Waals surface area (Å²) in [6.07, 6.45) is 6.24. The molecule has 176 valence electrons. The fraction of sp³-hybridized carbons (Fsp3) is 0.375. The Bertz CT molecular complexity index is 1330. The van der Waals surface area contributed by atoms with E-state index in [1.165, 1.54) is 0 Å². The monoisotopic (exact) mass is 468 g/mol. The molecule has 1 N–H and O–H groups in total. The third-order valence-corrected chi connectivity index (χ3v) is 6.74. The second-order valence-corrected chi connectivity index (χ2v) is 8.89. The number of aromatic nitrogens is 5. The number of anilines is 1. The van der Waals surface area contributed by atoms with E-state index < -0.39 is 23.8 Å². The molecule has 3 aromatic heterocycles. The van der Waals surface area contributed by atoms with Crippen LogP contribution in [0, 0.1) is 11.6 Å². The lowest BCUT2D eigenvalue weighted by Crippen LogP contribution is -2.25. The van der Waals surface area contributed by atoms with Crippen molar-refractivity contribution >= 4 is 16.9 Å². The highest BCUT2D eigenvalue weighted by Crippen LogP contribution is 2.40. The van der Waals surface area contributed by atoms with Gasteiger partial charge >= 0.3 is 0 Å². The van der Waals surface area contributed by atoms with Crippen LogP contribution in [0.3, 0.4) is 0 Å². The third-order valence-electron chi connectivity index (χ3n) is 6.74. The van der Waals surface area contributed by atoms with Crippen LogP contribution >= 0.6 is 0 Å². The molecule has 10 heteroatoms. The van der Waals surface area contributed by atoms with Gasteiger partial charge in [-0.3, -0.25) is 9.78 Å². The molecule has 0 aliphatic carbocycles. The van der Waals surface area contributed by atoms with E-state index in [0.717, 1.165) is 55.4 Å². The number of fused-ring (bicyclic) bond motifs is 1. The van der Waals surface area contributed by atoms with Crippen LogP contribution in [-0.4, -0.2) is 50.9 Å². The standard InChI is InChI=1S/C24H23F3N6O/c25-16-1-2-21(27)19(8-16)22-9-17(26)13-32(22)24-20-7-14(10-28-23(20)30-31-24)15-11-29-33(12-15)18-3-5-34-6-4-18/h1-2,7-8,10-12,17-18,22H,3-6,9,13H2,(H,28,30,31)/t17-,22+/m0/s1. The zero-order valence-corrected chi connectivity index (χ0v) is 18.3. The van der Waals surface area contributed by atoms with Crippen molar-refractivity contribution in [3.05, 3.63) is 60.1 Å². The SMILES string of the molecule is Fc1ccc(F)c([C@H]2C[C@H](F)CN2c2n[nH]c3ncc(-c4cnn(C5CCOCC5)c4)cc23)c1. The molecule has 2 atom stereocenters. The number of hydrogen-bond donors (Lipinski definition) is 1. The molecule has 5 heterocycles. The van der Waals surface area contributed by atoms with Crippen molar-refractivity contribution in [1.29, 1.82) is 0 Å². The van der Waals surface area contributed by atoms with Gasteiger partial charge in [0.25, 0.3) is 0 Å². The second kappa shape index (κ2) is 8.43. The molecule has 0 spiro atoms. The summed E-state index contributed by atoms with van der Waals surface area (Å²) >= 11 is 0. The summed E-state index contributed by atoms with van der Waals surface area (Å²) < 4.78 is 50.3. The highest BCUT2D eigenvalue weighted by Gasteiger charge is 2.37. The van der Waals surface area contributed by atoms with E-state index in [2.05, 4.69) is 20.3 Å². The van der Waals surface area contributed by atoms with Crippen LogP contribution in [0.1, 0.15) is 36.9 Å². The fourth-order valence-electron chi connectivity index (χ4n) is 4.99. The van der Waals surface area contributed by atoms with E-state index in [1.807, 2.05) is 16.9 Å². The Balaban J connectivity index is 1.36. The Labute approximate surface area is 193 Å². The molecule has 6 rings (SSSR count). The van der Waals surface area contributed by atoms with Gasteiger partial charge in [-0.1, -0.05) is 0 Å². The zero-order chi connectivity index (χ0) is 23.2. The molecule has 4 aromatic rings. The lowest BCUT2D eigenvalue weighted by atomic mass is 10.0. The van der Waals surface area contributed by atoms with Crippen LogP contribution in [-0.2, 0) is 4.74 Å². The van der Waals surface area contributed by atoms with Gasteiger partial charge in [-0.15, -0.1) is 0 Å². The first-order valence-corrected chi connectivity index (χ1v) is 11.4. The average Bonchev–Trinajstić information content (AvgIpc) is 3.59. The largest absolute Gasteiger partial charge is 0.381 e. The number of pyridine rings is 1. The van der Waals surface area contributed by atoms with E-state index in [-0.39, 0.29) is 18.5 Å². The topological polar surface area (TPSA) is 71.9 Å². The number of nitrogens with zero attached hydrogens (tertiary/aromatic N) is 5. The van der Waals surface area contributed by atoms with Crippen molar-refractivity contribution < 1.29 is 17.9 Å². The molecule has 2 aliphatic rings. The Morgan fingerprint density at radius 1 is 1.06 bits per heavy atom. The number of ether oxygens (including phenoxy) is 1. The molecule has 0 radical (unpaired) electrons. The van der Waals surface area contributed by atoms with E-state index in [1.54, 1.807) is 17.3 Å². The van der Waals surface area contributed by atoms with Gasteiger partial charge in [0.1, 0.15) is 17.8 Å². The first-order chi connectivity index (χ1) is 16.6. The quantitative estimate of drug-likeness (QED) is 0.469. The normalized spacial score (nSPS) is 21.6. The first-order valence-electron chi connectivity index (χ1n) is 11.4. The average molecular weight is 468 g/mol. The van der Waals surface area contributed by atoms with Gasteiger partial charge in [-0.25, -0.2) is 18.2 Å². The summed E-state index contributed by atoms with van der Waals surface area (Å²) in [7, 11) is 0. The molecular formula is C24H23F3N6O. The predicted octanol–water partition coefficient (Wildman–Crippen LogP) is 4.74. The van der Waals surface area contributed by atoms with E-state index in [9.17, 15) is 13.2 Å². The molecule has 0 amide bonds. The van der Waals surface area contributed by atoms with Crippen LogP contribution in [0.5, 0.6) is 0 Å². The Hall–Kier alpha value is -3.40. The zero-order valence-electron chi connectivity index (χ0n) is 18.3. The molecule has 7 nitrogen and oxygen atoms in total. The van der Waals surface area contributed by atoms with Crippen molar-refractivity contribution in [3.63, 3.8) is 0 Å². The highest BCUT2D eigenvalue weighted by molar-refractivity contribution is 5.91. The molecule has 0 bridgehead atoms. The number of H-pyrrole nitrogens is 1. The Morgan fingerprint density at radius 2 is 1.91 bits per heavy atom. The number of benzene rings is 1. The number of alkyl halides is 1. The lowest BCUT2D eigenvalue weighted by Gasteiger charge is -2.25. The molecule has 34 heavy (non-hydrogen) atoms. The van der Waals surface area contributed by atoms with Crippen LogP contribution in [0.4, 0.5) is 19.0 Å². The fourth-order valence-corrected chi connectivity index (χ4v) is 4.99. The minimum absolute atomic E-state index is 0.0342. The summed E-state index contributed by atoms with van der Waals surface area (Å²) in [5.41, 5.74) is 2.41. The summed E-state index contributed by atoms with van der Waals surface area (Å²) in [6, 6.07) is 4.83. The maximum absolute atomic E-state index is 14.5. The molecule has 2 fully saturated rings. The number of aromatic amines is 1. The van der Waals surface area contributed by atoms with E-state index >= 15 is 0 Å². The number of nitrogens with one attached hydrogen (secondary N) is 1. The minimum atomic E-state index is -1.19. The second-order valence-electron chi connectivity index (χ2n) is 8.89. The number of hydrogen-bond acceptors (Lipinski definition) is 5. The maximum atomic E-state index is 14.5. The summed E-state index contributed by atoms with van der Waals surface area (Å²) in [4.78, 5) is 6.18. The summed E-state index contributed by atoms with van der Waals surface area (Å²) in [5, 5.41) is 12.5. The van der Waals surface area contributed by atoms with Gasteiger partial charge in [0, 0.05) is 48.7 Å². The molecule has 1 aromatic carbocycles. The summed E-state index contributed by atoms with van der Waals surface area (Å²) in [6.45, 7) is 1.49. The minimum Gasteiger partial charge on any atom is -0.381 e. The Kier molecular flexibility index (Phi) is 5.24. The maximum Gasteiger partial charge on any atom is 0.160 e. The van der Waals surface area contributed by atoms with Gasteiger partial charge in [0.2, 0.25) is 0 Å². The third kappa shape index (κ3) is 3.71. The van der Waals surface area contributed by atoms with Crippen LogP contribution in [0.2, 0.25) is 0 Å². The van der Waals surface area contributed by atoms with Crippen molar-refractivity contribution in [2.24, 2.45) is 0 Å². The van der Waals surface area contributed by atoms with Crippen molar-refractivity contribution in [2.75, 3.05) is 24.7 Å². The molecular weight excluding hydrogens is 445 g/mol. The van der Waals surface area contributed by atoms with Crippen LogP contribution < -0.4 is 4.90 Å². The van der Waals surface area contributed by atoms with Crippen LogP contribution in [0.15, 0.2) is 42.9 Å². The molecule has 2 aliphatic heterocycles. The first kappa shape index (κ1) is 21.2. The van der Waals surface area contributed by atoms with Crippen molar-refractivity contribution in [3.8, 4) is 11.1 Å². The van der Waals surface area contributed by atoms with Gasteiger partial charge < -0.3 is 9.64 Å². The van der Waals surface area contributed by atoms with Gasteiger partial charge in [0.15, 0.2) is 11.5 Å². The molecule has 0 saturated carbocycles. The van der Waals surface area contributed by atoms with Gasteiger partial charge in [0.05, 0.1) is 30.2 Å². The molecule has 0 unspecified atom stereocenters. The Morgan fingerprint density at radius 3 is 2.76 bits per heavy atom. The highest BCUT2D eigenvalue weighted by atomic mass is 19.1. The van der Waals surface area contributed by atoms with Crippen molar-refractivity contribution in [1.82, 2.24) is 25.0 Å². The van der Waals surface area contributed by atoms with E-state index in [4.69, 9.17) is 4.74 Å². The lowest BCUT2D eigenvalue weighted by molar-refractivity contribution is 0.0662. The van der Waals surface area contributed by atoms with Gasteiger partial charge in [-0.2, -0.15) is 10.2 Å². The number of halogens is 3.